The van der Waals surface area contributed by atoms with E-state index in [9.17, 15) is 9.59 Å². The number of anilines is 2. The van der Waals surface area contributed by atoms with Crippen molar-refractivity contribution in [1.29, 1.82) is 0 Å². The van der Waals surface area contributed by atoms with Gasteiger partial charge in [-0.15, -0.1) is 0 Å². The first-order valence-electron chi connectivity index (χ1n) is 10.3. The van der Waals surface area contributed by atoms with Gasteiger partial charge in [-0.2, -0.15) is 0 Å². The number of rotatable bonds is 7. The zero-order valence-corrected chi connectivity index (χ0v) is 16.9. The van der Waals surface area contributed by atoms with E-state index in [0.717, 1.165) is 24.4 Å². The molecule has 0 radical (unpaired) electrons. The number of nitrogens with zero attached hydrogens (tertiary/aromatic N) is 1. The van der Waals surface area contributed by atoms with Gasteiger partial charge in [0.15, 0.2) is 0 Å². The maximum atomic E-state index is 12.0. The first kappa shape index (κ1) is 20.7. The summed E-state index contributed by atoms with van der Waals surface area (Å²) in [5.74, 6) is -0.584. The molecule has 2 aromatic rings. The lowest BCUT2D eigenvalue weighted by Gasteiger charge is -2.28. The van der Waals surface area contributed by atoms with Crippen molar-refractivity contribution in [3.63, 3.8) is 0 Å². The van der Waals surface area contributed by atoms with Crippen LogP contribution < -0.4 is 20.3 Å². The molecule has 2 aromatic carbocycles. The van der Waals surface area contributed by atoms with Gasteiger partial charge in [0.05, 0.1) is 6.61 Å². The number of piperidine rings is 1. The predicted octanol–water partition coefficient (Wildman–Crippen LogP) is 3.37. The van der Waals surface area contributed by atoms with Crippen LogP contribution in [0.4, 0.5) is 11.4 Å². The van der Waals surface area contributed by atoms with Crippen LogP contribution in [0.2, 0.25) is 0 Å². The van der Waals surface area contributed by atoms with Crippen molar-refractivity contribution in [3.8, 4) is 5.75 Å². The van der Waals surface area contributed by atoms with Crippen molar-refractivity contribution >= 4 is 23.2 Å². The summed E-state index contributed by atoms with van der Waals surface area (Å²) >= 11 is 0. The fourth-order valence-corrected chi connectivity index (χ4v) is 3.42. The van der Waals surface area contributed by atoms with Gasteiger partial charge in [0.25, 0.3) is 0 Å². The number of nitrogens with one attached hydrogen (secondary N) is 2. The average Bonchev–Trinajstić information content (AvgIpc) is 2.76. The Bertz CT molecular complexity index is 797. The minimum atomic E-state index is -0.672. The van der Waals surface area contributed by atoms with E-state index in [2.05, 4.69) is 39.8 Å². The van der Waals surface area contributed by atoms with E-state index in [4.69, 9.17) is 4.74 Å². The van der Waals surface area contributed by atoms with E-state index < -0.39 is 11.8 Å². The SMILES string of the molecule is CCOc1ccc(NC(=O)C(=O)NCCc2ccc(N3CCCCC3)cc2)cc1. The molecule has 2 N–H and O–H groups in total. The summed E-state index contributed by atoms with van der Waals surface area (Å²) in [6.45, 7) is 5.15. The molecule has 0 saturated carbocycles. The molecule has 1 heterocycles. The van der Waals surface area contributed by atoms with Crippen molar-refractivity contribution in [2.75, 3.05) is 36.5 Å². The second-order valence-corrected chi connectivity index (χ2v) is 7.13. The number of carbonyl (C=O) groups is 2. The first-order chi connectivity index (χ1) is 14.2. The molecule has 1 aliphatic rings. The summed E-state index contributed by atoms with van der Waals surface area (Å²) in [5, 5.41) is 5.27. The maximum absolute atomic E-state index is 12.0. The average molecular weight is 396 g/mol. The molecule has 0 aliphatic carbocycles. The van der Waals surface area contributed by atoms with E-state index >= 15 is 0 Å². The molecule has 0 aromatic heterocycles. The van der Waals surface area contributed by atoms with Gasteiger partial charge < -0.3 is 20.3 Å². The molecule has 1 fully saturated rings. The summed E-state index contributed by atoms with van der Waals surface area (Å²) in [5.41, 5.74) is 2.95. The molecule has 6 heteroatoms. The Morgan fingerprint density at radius 3 is 2.28 bits per heavy atom. The summed E-state index contributed by atoms with van der Waals surface area (Å²) in [6, 6.07) is 15.4. The number of hydrogen-bond acceptors (Lipinski definition) is 4. The van der Waals surface area contributed by atoms with Gasteiger partial charge in [-0.05, 0) is 74.6 Å². The molecule has 1 saturated heterocycles. The van der Waals surface area contributed by atoms with E-state index in [-0.39, 0.29) is 0 Å². The van der Waals surface area contributed by atoms with Gasteiger partial charge in [0, 0.05) is 31.0 Å². The van der Waals surface area contributed by atoms with Crippen molar-refractivity contribution in [3.05, 3.63) is 54.1 Å². The second-order valence-electron chi connectivity index (χ2n) is 7.13. The Labute approximate surface area is 172 Å². The molecule has 29 heavy (non-hydrogen) atoms. The molecule has 0 spiro atoms. The summed E-state index contributed by atoms with van der Waals surface area (Å²) < 4.78 is 5.36. The van der Waals surface area contributed by atoms with Crippen LogP contribution in [-0.4, -0.2) is 38.1 Å². The lowest BCUT2D eigenvalue weighted by molar-refractivity contribution is -0.136. The number of amides is 2. The highest BCUT2D eigenvalue weighted by Crippen LogP contribution is 2.20. The van der Waals surface area contributed by atoms with Crippen LogP contribution in [0, 0.1) is 0 Å². The molecular formula is C23H29N3O3. The fourth-order valence-electron chi connectivity index (χ4n) is 3.42. The number of hydrogen-bond donors (Lipinski definition) is 2. The second kappa shape index (κ2) is 10.5. The Hall–Kier alpha value is -3.02. The lowest BCUT2D eigenvalue weighted by Crippen LogP contribution is -2.36. The van der Waals surface area contributed by atoms with Crippen molar-refractivity contribution in [2.45, 2.75) is 32.6 Å². The maximum Gasteiger partial charge on any atom is 0.313 e. The van der Waals surface area contributed by atoms with Gasteiger partial charge >= 0.3 is 11.8 Å². The van der Waals surface area contributed by atoms with Crippen molar-refractivity contribution < 1.29 is 14.3 Å². The summed E-state index contributed by atoms with van der Waals surface area (Å²) in [6.07, 6.45) is 4.52. The lowest BCUT2D eigenvalue weighted by atomic mass is 10.1. The Morgan fingerprint density at radius 2 is 1.62 bits per heavy atom. The molecule has 0 atom stereocenters. The molecule has 2 amide bonds. The van der Waals surface area contributed by atoms with E-state index in [1.54, 1.807) is 24.3 Å². The predicted molar refractivity (Wildman–Crippen MR) is 115 cm³/mol. The van der Waals surface area contributed by atoms with Gasteiger partial charge in [-0.1, -0.05) is 12.1 Å². The minimum Gasteiger partial charge on any atom is -0.494 e. The molecule has 154 valence electrons. The normalized spacial score (nSPS) is 13.6. The highest BCUT2D eigenvalue weighted by atomic mass is 16.5. The third-order valence-electron chi connectivity index (χ3n) is 4.99. The van der Waals surface area contributed by atoms with Crippen LogP contribution in [-0.2, 0) is 16.0 Å². The van der Waals surface area contributed by atoms with Crippen molar-refractivity contribution in [2.24, 2.45) is 0 Å². The topological polar surface area (TPSA) is 70.7 Å². The molecule has 3 rings (SSSR count). The van der Waals surface area contributed by atoms with Crippen LogP contribution in [0.15, 0.2) is 48.5 Å². The molecule has 0 bridgehead atoms. The smallest absolute Gasteiger partial charge is 0.313 e. The molecular weight excluding hydrogens is 366 g/mol. The Morgan fingerprint density at radius 1 is 0.931 bits per heavy atom. The van der Waals surface area contributed by atoms with Crippen molar-refractivity contribution in [1.82, 2.24) is 5.32 Å². The highest BCUT2D eigenvalue weighted by Gasteiger charge is 2.13. The molecule has 6 nitrogen and oxygen atoms in total. The van der Waals surface area contributed by atoms with E-state index in [1.165, 1.54) is 24.9 Å². The van der Waals surface area contributed by atoms with E-state index in [0.29, 0.717) is 25.3 Å². The zero-order chi connectivity index (χ0) is 20.5. The van der Waals surface area contributed by atoms with Crippen LogP contribution in [0.1, 0.15) is 31.7 Å². The fraction of sp³-hybridized carbons (Fsp3) is 0.391. The minimum absolute atomic E-state index is 0.415. The number of carbonyl (C=O) groups excluding carboxylic acids is 2. The third-order valence-corrected chi connectivity index (χ3v) is 4.99. The number of ether oxygens (including phenoxy) is 1. The van der Waals surface area contributed by atoms with Gasteiger partial charge in [-0.25, -0.2) is 0 Å². The summed E-state index contributed by atoms with van der Waals surface area (Å²) in [4.78, 5) is 26.5. The van der Waals surface area contributed by atoms with Gasteiger partial charge in [-0.3, -0.25) is 9.59 Å². The quantitative estimate of drug-likeness (QED) is 0.705. The molecule has 1 aliphatic heterocycles. The van der Waals surface area contributed by atoms with Crippen LogP contribution in [0.5, 0.6) is 5.75 Å². The van der Waals surface area contributed by atoms with Crippen LogP contribution >= 0.6 is 0 Å². The third kappa shape index (κ3) is 6.24. The van der Waals surface area contributed by atoms with Crippen LogP contribution in [0.3, 0.4) is 0 Å². The highest BCUT2D eigenvalue weighted by molar-refractivity contribution is 6.39. The first-order valence-corrected chi connectivity index (χ1v) is 10.3. The number of benzene rings is 2. The van der Waals surface area contributed by atoms with Crippen LogP contribution in [0.25, 0.3) is 0 Å². The summed E-state index contributed by atoms with van der Waals surface area (Å²) in [7, 11) is 0. The van der Waals surface area contributed by atoms with Gasteiger partial charge in [0.1, 0.15) is 5.75 Å². The Balaban J connectivity index is 1.41. The largest absolute Gasteiger partial charge is 0.494 e. The Kier molecular flexibility index (Phi) is 7.50. The van der Waals surface area contributed by atoms with Gasteiger partial charge in [0.2, 0.25) is 0 Å². The monoisotopic (exact) mass is 395 g/mol. The standard InChI is InChI=1S/C23H29N3O3/c1-2-29-21-12-8-19(9-13-21)25-23(28)22(27)24-15-14-18-6-10-20(11-7-18)26-16-4-3-5-17-26/h6-13H,2-5,14-17H2,1H3,(H,24,27)(H,25,28). The van der Waals surface area contributed by atoms with E-state index in [1.807, 2.05) is 6.92 Å². The molecule has 0 unspecified atom stereocenters. The zero-order valence-electron chi connectivity index (χ0n) is 16.9.